The molecule has 1 aromatic carbocycles. The van der Waals surface area contributed by atoms with E-state index in [1.54, 1.807) is 12.2 Å². The zero-order valence-electron chi connectivity index (χ0n) is 25.0. The monoisotopic (exact) mass is 645 g/mol. The number of ether oxygens (including phenoxy) is 2. The number of ketones is 2. The number of para-hydroxylation sites is 1. The lowest BCUT2D eigenvalue weighted by Crippen LogP contribution is -2.63. The first-order valence-electron chi connectivity index (χ1n) is 15.4. The maximum Gasteiger partial charge on any atom is 0.245 e. The van der Waals surface area contributed by atoms with Crippen LogP contribution in [-0.4, -0.2) is 61.6 Å². The molecule has 4 aliphatic carbocycles. The van der Waals surface area contributed by atoms with Crippen molar-refractivity contribution in [2.24, 2.45) is 28.6 Å². The summed E-state index contributed by atoms with van der Waals surface area (Å²) in [6, 6.07) is 7.44. The summed E-state index contributed by atoms with van der Waals surface area (Å²) < 4.78 is 55.4. The van der Waals surface area contributed by atoms with Crippen molar-refractivity contribution in [3.63, 3.8) is 0 Å². The van der Waals surface area contributed by atoms with Gasteiger partial charge < -0.3 is 14.6 Å². The molecular weight excluding hydrogens is 608 g/mol. The molecule has 236 valence electrons. The summed E-state index contributed by atoms with van der Waals surface area (Å²) in [5.41, 5.74) is -1.19. The van der Waals surface area contributed by atoms with E-state index in [4.69, 9.17) is 9.47 Å². The predicted octanol–water partition coefficient (Wildman–Crippen LogP) is 5.78. The summed E-state index contributed by atoms with van der Waals surface area (Å²) in [5, 5.41) is 11.9. The van der Waals surface area contributed by atoms with Gasteiger partial charge in [-0.1, -0.05) is 37.6 Å². The second kappa shape index (κ2) is 10.4. The normalized spacial score (nSPS) is 40.2. The molecule has 1 N–H and O–H groups in total. The molecule has 0 spiro atoms. The van der Waals surface area contributed by atoms with Crippen molar-refractivity contribution in [3.8, 4) is 0 Å². The molecule has 0 bridgehead atoms. The minimum atomic E-state index is -2.92. The van der Waals surface area contributed by atoms with Crippen LogP contribution in [0.25, 0.3) is 10.2 Å². The number of hydrogen-bond acceptors (Lipinski definition) is 8. The maximum atomic E-state index is 14.5. The SMILES string of the molecule is CC(F)(F)CCC1O[C@@H]2CC3C4CCC5=CC(=O)C=CC5(C)C4C(O)CC3(C)[C@]2(C(=O)CS(=O)c2nc3ccccc3s2)O1. The van der Waals surface area contributed by atoms with Crippen LogP contribution in [0.15, 0.2) is 52.4 Å². The minimum Gasteiger partial charge on any atom is -0.393 e. The third kappa shape index (κ3) is 4.55. The summed E-state index contributed by atoms with van der Waals surface area (Å²) in [6.45, 7) is 4.89. The van der Waals surface area contributed by atoms with Crippen LogP contribution in [0.1, 0.15) is 59.3 Å². The second-order valence-electron chi connectivity index (χ2n) is 13.8. The lowest BCUT2D eigenvalue weighted by atomic mass is 9.46. The molecule has 2 aromatic rings. The van der Waals surface area contributed by atoms with Gasteiger partial charge in [0.1, 0.15) is 0 Å². The second-order valence-corrected chi connectivity index (χ2v) is 16.5. The Bertz CT molecular complexity index is 1580. The molecule has 7 nitrogen and oxygen atoms in total. The fourth-order valence-electron chi connectivity index (χ4n) is 9.38. The summed E-state index contributed by atoms with van der Waals surface area (Å²) in [5.74, 6) is -3.93. The Balaban J connectivity index is 1.23. The van der Waals surface area contributed by atoms with Gasteiger partial charge in [-0.25, -0.2) is 13.8 Å². The van der Waals surface area contributed by atoms with Gasteiger partial charge in [-0.05, 0) is 68.7 Å². The Morgan fingerprint density at radius 2 is 2.05 bits per heavy atom. The van der Waals surface area contributed by atoms with Crippen molar-refractivity contribution in [1.29, 1.82) is 0 Å². The maximum absolute atomic E-state index is 14.5. The molecule has 0 amide bonds. The van der Waals surface area contributed by atoms with Gasteiger partial charge in [0, 0.05) is 29.6 Å². The summed E-state index contributed by atoms with van der Waals surface area (Å²) in [6.07, 6.45) is 4.28. The van der Waals surface area contributed by atoms with E-state index in [2.05, 4.69) is 11.9 Å². The smallest absolute Gasteiger partial charge is 0.245 e. The van der Waals surface area contributed by atoms with Crippen LogP contribution in [0.3, 0.4) is 0 Å². The highest BCUT2D eigenvalue weighted by atomic mass is 32.2. The van der Waals surface area contributed by atoms with Crippen molar-refractivity contribution >= 4 is 43.9 Å². The fourth-order valence-corrected chi connectivity index (χ4v) is 11.7. The number of hydrogen-bond donors (Lipinski definition) is 1. The third-order valence-electron chi connectivity index (χ3n) is 11.3. The van der Waals surface area contributed by atoms with E-state index in [-0.39, 0.29) is 42.1 Å². The molecule has 1 aromatic heterocycles. The van der Waals surface area contributed by atoms with Crippen molar-refractivity contribution in [2.75, 3.05) is 5.75 Å². The zero-order chi connectivity index (χ0) is 31.2. The highest BCUT2D eigenvalue weighted by Gasteiger charge is 2.75. The summed E-state index contributed by atoms with van der Waals surface area (Å²) in [4.78, 5) is 31.2. The molecule has 1 saturated heterocycles. The standard InChI is InChI=1S/C33H37F2NO6S2/c1-30-12-10-19(37)14-18(30)8-9-20-21-15-26-33(31(21,2)16-23(38)28(20)30,42-27(41-26)11-13-32(3,34)35)25(39)17-44(40)29-36-22-6-4-5-7-24(22)43-29/h4-7,10,12,14,20-21,23,26-28,38H,8-9,11,13,15-17H2,1-3H3/t20?,21?,23?,26-,27?,28?,30?,31?,33-,44?/m1/s1. The molecule has 10 atom stereocenters. The van der Waals surface area contributed by atoms with Crippen LogP contribution < -0.4 is 0 Å². The Hall–Kier alpha value is -2.18. The van der Waals surface area contributed by atoms with E-state index >= 15 is 0 Å². The summed E-state index contributed by atoms with van der Waals surface area (Å²) >= 11 is 1.28. The lowest BCUT2D eigenvalue weighted by molar-refractivity contribution is -0.199. The number of aliphatic hydroxyl groups is 1. The predicted molar refractivity (Wildman–Crippen MR) is 162 cm³/mol. The number of carbonyl (C=O) groups excluding carboxylic acids is 2. The molecule has 3 saturated carbocycles. The third-order valence-corrected chi connectivity index (χ3v) is 13.9. The molecule has 7 rings (SSSR count). The number of allylic oxidation sites excluding steroid dienone is 4. The zero-order valence-corrected chi connectivity index (χ0v) is 26.6. The molecule has 0 radical (unpaired) electrons. The number of benzene rings is 1. The average Bonchev–Trinajstić information content (AvgIpc) is 3.62. The fraction of sp³-hybridized carbons (Fsp3) is 0.606. The van der Waals surface area contributed by atoms with Crippen LogP contribution in [0.4, 0.5) is 8.78 Å². The van der Waals surface area contributed by atoms with Crippen LogP contribution in [-0.2, 0) is 29.9 Å². The highest BCUT2D eigenvalue weighted by molar-refractivity contribution is 7.88. The lowest BCUT2D eigenvalue weighted by Gasteiger charge is -2.59. The quantitative estimate of drug-likeness (QED) is 0.408. The molecular formula is C33H37F2NO6S2. The van der Waals surface area contributed by atoms with Crippen molar-refractivity contribution in [2.45, 2.75) is 93.7 Å². The first kappa shape index (κ1) is 30.5. The molecule has 1 aliphatic heterocycles. The Morgan fingerprint density at radius 3 is 2.80 bits per heavy atom. The van der Waals surface area contributed by atoms with Gasteiger partial charge in [0.25, 0.3) is 0 Å². The number of alkyl halides is 2. The molecule has 44 heavy (non-hydrogen) atoms. The molecule has 4 fully saturated rings. The Morgan fingerprint density at radius 1 is 1.27 bits per heavy atom. The first-order valence-corrected chi connectivity index (χ1v) is 17.5. The van der Waals surface area contributed by atoms with Crippen molar-refractivity contribution in [3.05, 3.63) is 48.1 Å². The first-order chi connectivity index (χ1) is 20.7. The topological polar surface area (TPSA) is 103 Å². The van der Waals surface area contributed by atoms with Crippen molar-refractivity contribution in [1.82, 2.24) is 4.98 Å². The number of halogens is 2. The van der Waals surface area contributed by atoms with E-state index in [1.807, 2.05) is 37.3 Å². The van der Waals surface area contributed by atoms with Crippen LogP contribution in [0, 0.1) is 28.6 Å². The summed E-state index contributed by atoms with van der Waals surface area (Å²) in [7, 11) is -1.76. The highest BCUT2D eigenvalue weighted by Crippen LogP contribution is 2.69. The number of rotatable bonds is 7. The van der Waals surface area contributed by atoms with Gasteiger partial charge in [0.2, 0.25) is 5.92 Å². The Kier molecular flexibility index (Phi) is 7.22. The van der Waals surface area contributed by atoms with Crippen LogP contribution in [0.2, 0.25) is 0 Å². The molecule has 8 unspecified atom stereocenters. The number of aromatic nitrogens is 1. The average molecular weight is 646 g/mol. The number of fused-ring (bicyclic) bond motifs is 8. The van der Waals surface area contributed by atoms with Gasteiger partial charge >= 0.3 is 0 Å². The number of thiazole rings is 1. The van der Waals surface area contributed by atoms with E-state index in [0.717, 1.165) is 23.6 Å². The number of carbonyl (C=O) groups is 2. The van der Waals surface area contributed by atoms with E-state index < -0.39 is 63.9 Å². The largest absolute Gasteiger partial charge is 0.393 e. The van der Waals surface area contributed by atoms with E-state index in [1.165, 1.54) is 11.3 Å². The van der Waals surface area contributed by atoms with Gasteiger partial charge in [0.15, 0.2) is 27.8 Å². The van der Waals surface area contributed by atoms with Gasteiger partial charge in [0.05, 0.1) is 39.0 Å². The number of aliphatic hydroxyl groups excluding tert-OH is 1. The number of nitrogens with zero attached hydrogens (tertiary/aromatic N) is 1. The van der Waals surface area contributed by atoms with Crippen LogP contribution >= 0.6 is 11.3 Å². The van der Waals surface area contributed by atoms with Crippen molar-refractivity contribution < 1.29 is 37.2 Å². The van der Waals surface area contributed by atoms with Gasteiger partial charge in [-0.3, -0.25) is 13.8 Å². The van der Waals surface area contributed by atoms with Crippen LogP contribution in [0.5, 0.6) is 0 Å². The Labute approximate surface area is 261 Å². The molecule has 5 aliphatic rings. The van der Waals surface area contributed by atoms with Gasteiger partial charge in [-0.2, -0.15) is 0 Å². The molecule has 2 heterocycles. The van der Waals surface area contributed by atoms with E-state index in [0.29, 0.717) is 22.7 Å². The minimum absolute atomic E-state index is 0.0133. The molecule has 11 heteroatoms. The van der Waals surface area contributed by atoms with Gasteiger partial charge in [-0.15, -0.1) is 11.3 Å². The number of Topliss-reactive ketones (excluding diaryl/α,β-unsaturated/α-hetero) is 1. The van der Waals surface area contributed by atoms with E-state index in [9.17, 15) is 27.7 Å².